The zero-order valence-electron chi connectivity index (χ0n) is 10.8. The minimum absolute atomic E-state index is 0.488. The normalized spacial score (nSPS) is 12.8. The molecule has 1 aromatic carbocycles. The van der Waals surface area contributed by atoms with Crippen LogP contribution in [0.4, 0.5) is 0 Å². The summed E-state index contributed by atoms with van der Waals surface area (Å²) in [7, 11) is 1.77. The van der Waals surface area contributed by atoms with Crippen LogP contribution in [0.15, 0.2) is 30.5 Å². The number of hydrogen-bond donors (Lipinski definition) is 1. The van der Waals surface area contributed by atoms with E-state index < -0.39 is 12.0 Å². The molecule has 1 N–H and O–H groups in total. The lowest BCUT2D eigenvalue weighted by atomic mass is 10.1. The molecule has 0 aliphatic heterocycles. The van der Waals surface area contributed by atoms with Crippen LogP contribution in [0.2, 0.25) is 5.02 Å². The maximum Gasteiger partial charge on any atom is 0.320 e. The molecule has 1 heterocycles. The van der Waals surface area contributed by atoms with E-state index in [-0.39, 0.29) is 0 Å². The van der Waals surface area contributed by atoms with Crippen LogP contribution in [0.1, 0.15) is 12.5 Å². The highest BCUT2D eigenvalue weighted by Crippen LogP contribution is 2.23. The summed E-state index contributed by atoms with van der Waals surface area (Å²) in [6.07, 6.45) is 1.72. The molecule has 0 fully saturated rings. The standard InChI is InChI=1S/C14H15ClN2O2/c1-9(14(18)19)17(2)8-11-7-12(15)6-10-4-3-5-16-13(10)11/h3-7,9H,8H2,1-2H3,(H,18,19). The van der Waals surface area contributed by atoms with Crippen LogP contribution in [-0.2, 0) is 11.3 Å². The zero-order valence-corrected chi connectivity index (χ0v) is 11.6. The summed E-state index contributed by atoms with van der Waals surface area (Å²) in [6.45, 7) is 2.14. The summed E-state index contributed by atoms with van der Waals surface area (Å²) < 4.78 is 0. The van der Waals surface area contributed by atoms with Crippen LogP contribution in [0.25, 0.3) is 10.9 Å². The van der Waals surface area contributed by atoms with Gasteiger partial charge in [0.05, 0.1) is 5.52 Å². The van der Waals surface area contributed by atoms with E-state index in [0.717, 1.165) is 16.5 Å². The minimum atomic E-state index is -0.846. The van der Waals surface area contributed by atoms with Crippen molar-refractivity contribution in [1.82, 2.24) is 9.88 Å². The molecule has 0 saturated heterocycles. The van der Waals surface area contributed by atoms with Crippen molar-refractivity contribution in [1.29, 1.82) is 0 Å². The van der Waals surface area contributed by atoms with Crippen LogP contribution >= 0.6 is 11.6 Å². The molecule has 1 aromatic heterocycles. The van der Waals surface area contributed by atoms with E-state index in [0.29, 0.717) is 11.6 Å². The minimum Gasteiger partial charge on any atom is -0.480 e. The highest BCUT2D eigenvalue weighted by molar-refractivity contribution is 6.31. The van der Waals surface area contributed by atoms with Crippen LogP contribution < -0.4 is 0 Å². The number of aliphatic carboxylic acids is 1. The molecule has 19 heavy (non-hydrogen) atoms. The Morgan fingerprint density at radius 2 is 2.26 bits per heavy atom. The third-order valence-corrected chi connectivity index (χ3v) is 3.41. The highest BCUT2D eigenvalue weighted by Gasteiger charge is 2.18. The Morgan fingerprint density at radius 3 is 2.95 bits per heavy atom. The van der Waals surface area contributed by atoms with Crippen molar-refractivity contribution in [2.75, 3.05) is 7.05 Å². The van der Waals surface area contributed by atoms with Crippen LogP contribution in [0.3, 0.4) is 0 Å². The van der Waals surface area contributed by atoms with E-state index in [2.05, 4.69) is 4.98 Å². The number of pyridine rings is 1. The first-order valence-corrected chi connectivity index (χ1v) is 6.33. The fourth-order valence-corrected chi connectivity index (χ4v) is 2.19. The molecular weight excluding hydrogens is 264 g/mol. The van der Waals surface area contributed by atoms with Crippen molar-refractivity contribution in [3.05, 3.63) is 41.0 Å². The molecule has 2 aromatic rings. The van der Waals surface area contributed by atoms with Gasteiger partial charge in [-0.3, -0.25) is 14.7 Å². The molecule has 0 saturated carbocycles. The van der Waals surface area contributed by atoms with Crippen molar-refractivity contribution >= 4 is 28.5 Å². The second-order valence-corrected chi connectivity index (χ2v) is 5.01. The molecule has 2 rings (SSSR count). The van der Waals surface area contributed by atoms with E-state index in [1.165, 1.54) is 0 Å². The Morgan fingerprint density at radius 1 is 1.53 bits per heavy atom. The van der Waals surface area contributed by atoms with Gasteiger partial charge in [0.15, 0.2) is 0 Å². The zero-order chi connectivity index (χ0) is 14.0. The predicted molar refractivity (Wildman–Crippen MR) is 75.3 cm³/mol. The SMILES string of the molecule is CC(C(=O)O)N(C)Cc1cc(Cl)cc2cccnc12. The maximum absolute atomic E-state index is 11.0. The van der Waals surface area contributed by atoms with Gasteiger partial charge in [-0.15, -0.1) is 0 Å². The first-order valence-electron chi connectivity index (χ1n) is 5.95. The number of nitrogens with zero attached hydrogens (tertiary/aromatic N) is 2. The molecule has 5 heteroatoms. The van der Waals surface area contributed by atoms with Gasteiger partial charge in [-0.05, 0) is 37.7 Å². The molecule has 0 bridgehead atoms. The number of fused-ring (bicyclic) bond motifs is 1. The van der Waals surface area contributed by atoms with Gasteiger partial charge in [0, 0.05) is 23.2 Å². The van der Waals surface area contributed by atoms with Crippen molar-refractivity contribution in [3.8, 4) is 0 Å². The van der Waals surface area contributed by atoms with Crippen molar-refractivity contribution < 1.29 is 9.90 Å². The average molecular weight is 279 g/mol. The van der Waals surface area contributed by atoms with Gasteiger partial charge in [-0.25, -0.2) is 0 Å². The summed E-state index contributed by atoms with van der Waals surface area (Å²) in [5, 5.41) is 10.6. The van der Waals surface area contributed by atoms with E-state index >= 15 is 0 Å². The second-order valence-electron chi connectivity index (χ2n) is 4.57. The molecule has 4 nitrogen and oxygen atoms in total. The van der Waals surface area contributed by atoms with Crippen molar-refractivity contribution in [2.45, 2.75) is 19.5 Å². The number of carboxylic acids is 1. The molecule has 100 valence electrons. The lowest BCUT2D eigenvalue weighted by Gasteiger charge is -2.21. The van der Waals surface area contributed by atoms with Crippen molar-refractivity contribution in [2.24, 2.45) is 0 Å². The summed E-state index contributed by atoms with van der Waals surface area (Å²) in [4.78, 5) is 17.1. The van der Waals surface area contributed by atoms with E-state index in [4.69, 9.17) is 16.7 Å². The lowest BCUT2D eigenvalue weighted by Crippen LogP contribution is -2.35. The topological polar surface area (TPSA) is 53.4 Å². The Labute approximate surface area is 116 Å². The largest absolute Gasteiger partial charge is 0.480 e. The number of benzene rings is 1. The molecule has 0 spiro atoms. The van der Waals surface area contributed by atoms with Gasteiger partial charge in [0.1, 0.15) is 6.04 Å². The quantitative estimate of drug-likeness (QED) is 0.934. The van der Waals surface area contributed by atoms with E-state index in [9.17, 15) is 4.79 Å². The first kappa shape index (κ1) is 13.8. The number of aromatic nitrogens is 1. The summed E-state index contributed by atoms with van der Waals surface area (Å²) in [5.41, 5.74) is 1.79. The van der Waals surface area contributed by atoms with Gasteiger partial charge in [0.25, 0.3) is 0 Å². The molecular formula is C14H15ClN2O2. The van der Waals surface area contributed by atoms with Crippen molar-refractivity contribution in [3.63, 3.8) is 0 Å². The Kier molecular flexibility index (Phi) is 4.02. The van der Waals surface area contributed by atoms with Gasteiger partial charge in [0.2, 0.25) is 0 Å². The fourth-order valence-electron chi connectivity index (χ4n) is 1.94. The number of halogens is 1. The third kappa shape index (κ3) is 3.03. The fraction of sp³-hybridized carbons (Fsp3) is 0.286. The lowest BCUT2D eigenvalue weighted by molar-refractivity contribution is -0.142. The average Bonchev–Trinajstić information content (AvgIpc) is 2.37. The number of carbonyl (C=O) groups is 1. The Bertz CT molecular complexity index is 615. The van der Waals surface area contributed by atoms with Gasteiger partial charge >= 0.3 is 5.97 Å². The Hall–Kier alpha value is -1.65. The van der Waals surface area contributed by atoms with Crippen LogP contribution in [0, 0.1) is 0 Å². The molecule has 1 atom stereocenters. The monoisotopic (exact) mass is 278 g/mol. The Balaban J connectivity index is 2.37. The molecule has 0 aliphatic rings. The maximum atomic E-state index is 11.0. The van der Waals surface area contributed by atoms with Crippen LogP contribution in [-0.4, -0.2) is 34.0 Å². The van der Waals surface area contributed by atoms with Gasteiger partial charge in [-0.1, -0.05) is 17.7 Å². The molecule has 0 aliphatic carbocycles. The highest BCUT2D eigenvalue weighted by atomic mass is 35.5. The summed E-state index contributed by atoms with van der Waals surface area (Å²) >= 11 is 6.09. The van der Waals surface area contributed by atoms with E-state index in [1.807, 2.05) is 24.3 Å². The smallest absolute Gasteiger partial charge is 0.320 e. The summed E-state index contributed by atoms with van der Waals surface area (Å²) in [5.74, 6) is -0.846. The molecule has 0 radical (unpaired) electrons. The predicted octanol–water partition coefficient (Wildman–Crippen LogP) is 2.79. The number of carboxylic acid groups (broad SMARTS) is 1. The van der Waals surface area contributed by atoms with Gasteiger partial charge in [-0.2, -0.15) is 0 Å². The number of likely N-dealkylation sites (N-methyl/N-ethyl adjacent to an activating group) is 1. The molecule has 0 amide bonds. The number of hydrogen-bond acceptors (Lipinski definition) is 3. The molecule has 1 unspecified atom stereocenters. The van der Waals surface area contributed by atoms with E-state index in [1.54, 1.807) is 25.1 Å². The second kappa shape index (κ2) is 5.55. The summed E-state index contributed by atoms with van der Waals surface area (Å²) in [6, 6.07) is 6.93. The van der Waals surface area contributed by atoms with Gasteiger partial charge < -0.3 is 5.11 Å². The third-order valence-electron chi connectivity index (χ3n) is 3.19. The van der Waals surface area contributed by atoms with Crippen LogP contribution in [0.5, 0.6) is 0 Å². The number of rotatable bonds is 4. The first-order chi connectivity index (χ1) is 8.99.